The van der Waals surface area contributed by atoms with Crippen LogP contribution in [0.5, 0.6) is 5.75 Å². The number of aromatic amines is 2. The molecule has 0 bridgehead atoms. The second-order valence-corrected chi connectivity index (χ2v) is 7.93. The van der Waals surface area contributed by atoms with Crippen molar-refractivity contribution in [2.24, 2.45) is 5.41 Å². The molecule has 1 unspecified atom stereocenters. The van der Waals surface area contributed by atoms with Crippen molar-refractivity contribution < 1.29 is 9.53 Å². The van der Waals surface area contributed by atoms with E-state index in [1.807, 2.05) is 24.3 Å². The number of hydrogen-bond acceptors (Lipinski definition) is 4. The fourth-order valence-electron chi connectivity index (χ4n) is 4.06. The first kappa shape index (κ1) is 17.4. The van der Waals surface area contributed by atoms with Gasteiger partial charge >= 0.3 is 0 Å². The zero-order valence-corrected chi connectivity index (χ0v) is 15.5. The number of fused-ring (bicyclic) bond motifs is 1. The van der Waals surface area contributed by atoms with Gasteiger partial charge in [-0.25, -0.2) is 0 Å². The van der Waals surface area contributed by atoms with Gasteiger partial charge in [-0.3, -0.25) is 19.8 Å². The molecule has 6 heteroatoms. The summed E-state index contributed by atoms with van der Waals surface area (Å²) in [5, 5.41) is 8.84. The Morgan fingerprint density at radius 2 is 1.93 bits per heavy atom. The van der Waals surface area contributed by atoms with Crippen molar-refractivity contribution in [2.75, 3.05) is 11.9 Å². The second-order valence-electron chi connectivity index (χ2n) is 7.93. The fraction of sp³-hybridized carbons (Fsp3) is 0.333. The first-order valence-corrected chi connectivity index (χ1v) is 9.07. The van der Waals surface area contributed by atoms with Gasteiger partial charge < -0.3 is 10.1 Å². The van der Waals surface area contributed by atoms with Gasteiger partial charge in [-0.2, -0.15) is 0 Å². The smallest absolute Gasteiger partial charge is 0.270 e. The Bertz CT molecular complexity index is 992. The summed E-state index contributed by atoms with van der Waals surface area (Å²) in [5.41, 5.74) is 2.74. The highest BCUT2D eigenvalue weighted by molar-refractivity contribution is 6.01. The summed E-state index contributed by atoms with van der Waals surface area (Å²) in [4.78, 5) is 25.5. The number of anilines is 1. The van der Waals surface area contributed by atoms with E-state index in [1.54, 1.807) is 6.08 Å². The predicted molar refractivity (Wildman–Crippen MR) is 104 cm³/mol. The number of ether oxygens (including phenoxy) is 1. The van der Waals surface area contributed by atoms with Gasteiger partial charge in [0.1, 0.15) is 18.2 Å². The highest BCUT2D eigenvalue weighted by atomic mass is 16.5. The first-order chi connectivity index (χ1) is 12.9. The van der Waals surface area contributed by atoms with Crippen LogP contribution >= 0.6 is 0 Å². The van der Waals surface area contributed by atoms with E-state index in [0.717, 1.165) is 23.4 Å². The largest absolute Gasteiger partial charge is 0.490 e. The Labute approximate surface area is 157 Å². The molecule has 1 aliphatic heterocycles. The lowest BCUT2D eigenvalue weighted by atomic mass is 9.69. The average molecular weight is 365 g/mol. The van der Waals surface area contributed by atoms with Crippen LogP contribution in [0.25, 0.3) is 0 Å². The van der Waals surface area contributed by atoms with E-state index in [4.69, 9.17) is 4.74 Å². The lowest BCUT2D eigenvalue weighted by Gasteiger charge is -2.37. The summed E-state index contributed by atoms with van der Waals surface area (Å²) >= 11 is 0. The Hall–Kier alpha value is -3.02. The lowest BCUT2D eigenvalue weighted by molar-refractivity contribution is -0.118. The predicted octanol–water partition coefficient (Wildman–Crippen LogP) is 3.47. The molecule has 1 aliphatic carbocycles. The molecular formula is C21H23N3O3. The number of benzene rings is 1. The molecule has 0 radical (unpaired) electrons. The number of carbonyl (C=O) groups excluding carboxylic acids is 1. The van der Waals surface area contributed by atoms with Crippen molar-refractivity contribution in [1.82, 2.24) is 10.2 Å². The van der Waals surface area contributed by atoms with Crippen LogP contribution in [0, 0.1) is 5.41 Å². The van der Waals surface area contributed by atoms with E-state index < -0.39 is 0 Å². The third kappa shape index (κ3) is 3.01. The summed E-state index contributed by atoms with van der Waals surface area (Å²) in [7, 11) is 0. The highest BCUT2D eigenvalue weighted by Gasteiger charge is 2.42. The summed E-state index contributed by atoms with van der Waals surface area (Å²) in [6.45, 7) is 8.25. The van der Waals surface area contributed by atoms with Crippen LogP contribution in [0.2, 0.25) is 0 Å². The molecule has 1 atom stereocenters. The second kappa shape index (κ2) is 6.30. The molecule has 0 amide bonds. The van der Waals surface area contributed by atoms with Crippen molar-refractivity contribution in [3.63, 3.8) is 0 Å². The number of nitrogens with one attached hydrogen (secondary N) is 3. The van der Waals surface area contributed by atoms with Gasteiger partial charge in [0.25, 0.3) is 5.56 Å². The molecule has 1 aromatic heterocycles. The maximum absolute atomic E-state index is 13.0. The van der Waals surface area contributed by atoms with Crippen LogP contribution < -0.4 is 15.6 Å². The van der Waals surface area contributed by atoms with Gasteiger partial charge in [0.15, 0.2) is 5.78 Å². The number of hydrogen-bond donors (Lipinski definition) is 3. The third-order valence-electron chi connectivity index (χ3n) is 5.17. The summed E-state index contributed by atoms with van der Waals surface area (Å²) in [5.74, 6) is 1.07. The van der Waals surface area contributed by atoms with Crippen molar-refractivity contribution in [3.8, 4) is 5.75 Å². The number of H-pyrrole nitrogens is 2. The van der Waals surface area contributed by atoms with Gasteiger partial charge in [-0.05, 0) is 29.5 Å². The number of rotatable bonds is 4. The van der Waals surface area contributed by atoms with Gasteiger partial charge in [-0.1, -0.05) is 38.6 Å². The SMILES string of the molecule is C=CCOc1ccc(C2C3=C(CC(C)(C)CC3=O)Nc3[nH][nH]c(=O)c32)cc1. The summed E-state index contributed by atoms with van der Waals surface area (Å²) in [6.07, 6.45) is 2.92. The minimum atomic E-state index is -0.386. The van der Waals surface area contributed by atoms with Crippen LogP contribution in [-0.4, -0.2) is 22.6 Å². The molecular weight excluding hydrogens is 342 g/mol. The first-order valence-electron chi connectivity index (χ1n) is 9.07. The molecule has 4 rings (SSSR count). The number of Topliss-reactive ketones (excluding diaryl/α,β-unsaturated/α-hetero) is 1. The molecule has 6 nitrogen and oxygen atoms in total. The molecule has 2 aliphatic rings. The Morgan fingerprint density at radius 3 is 2.63 bits per heavy atom. The van der Waals surface area contributed by atoms with Gasteiger partial charge in [0.2, 0.25) is 0 Å². The normalized spacial score (nSPS) is 20.5. The van der Waals surface area contributed by atoms with E-state index >= 15 is 0 Å². The Kier molecular flexibility index (Phi) is 4.06. The van der Waals surface area contributed by atoms with E-state index in [0.29, 0.717) is 30.0 Å². The van der Waals surface area contributed by atoms with E-state index in [2.05, 4.69) is 35.9 Å². The van der Waals surface area contributed by atoms with E-state index in [1.165, 1.54) is 0 Å². The van der Waals surface area contributed by atoms with Gasteiger partial charge in [-0.15, -0.1) is 0 Å². The highest BCUT2D eigenvalue weighted by Crippen LogP contribution is 2.47. The fourth-order valence-corrected chi connectivity index (χ4v) is 4.06. The minimum absolute atomic E-state index is 0.0944. The third-order valence-corrected chi connectivity index (χ3v) is 5.17. The van der Waals surface area contributed by atoms with Crippen LogP contribution in [0.1, 0.15) is 43.7 Å². The zero-order valence-electron chi connectivity index (χ0n) is 15.5. The van der Waals surface area contributed by atoms with Gasteiger partial charge in [0, 0.05) is 23.6 Å². The molecule has 0 saturated carbocycles. The number of aromatic nitrogens is 2. The maximum atomic E-state index is 13.0. The van der Waals surface area contributed by atoms with Crippen LogP contribution in [0.4, 0.5) is 5.82 Å². The Morgan fingerprint density at radius 1 is 1.19 bits per heavy atom. The van der Waals surface area contributed by atoms with Crippen molar-refractivity contribution >= 4 is 11.6 Å². The molecule has 3 N–H and O–H groups in total. The Balaban J connectivity index is 1.82. The van der Waals surface area contributed by atoms with E-state index in [9.17, 15) is 9.59 Å². The van der Waals surface area contributed by atoms with Crippen molar-refractivity contribution in [2.45, 2.75) is 32.6 Å². The molecule has 2 heterocycles. The zero-order chi connectivity index (χ0) is 19.2. The van der Waals surface area contributed by atoms with E-state index in [-0.39, 0.29) is 22.7 Å². The van der Waals surface area contributed by atoms with Gasteiger partial charge in [0.05, 0.1) is 5.56 Å². The van der Waals surface area contributed by atoms with Crippen molar-refractivity contribution in [3.05, 3.63) is 69.7 Å². The number of ketones is 1. The molecule has 1 aromatic carbocycles. The number of carbonyl (C=O) groups is 1. The standard InChI is InChI=1S/C21H23N3O3/c1-4-9-27-13-7-5-12(6-8-13)16-17-14(10-21(2,3)11-15(17)25)22-19-18(16)20(26)24-23-19/h4-8,16H,1,9-11H2,2-3H3,(H3,22,23,24,26). The quantitative estimate of drug-likeness (QED) is 0.724. The molecule has 0 fully saturated rings. The number of allylic oxidation sites excluding steroid dienone is 2. The molecule has 0 saturated heterocycles. The summed E-state index contributed by atoms with van der Waals surface area (Å²) < 4.78 is 5.55. The van der Waals surface area contributed by atoms with Crippen molar-refractivity contribution in [1.29, 1.82) is 0 Å². The van der Waals surface area contributed by atoms with Crippen LogP contribution in [-0.2, 0) is 4.79 Å². The molecule has 27 heavy (non-hydrogen) atoms. The maximum Gasteiger partial charge on any atom is 0.270 e. The average Bonchev–Trinajstić information content (AvgIpc) is 2.98. The summed E-state index contributed by atoms with van der Waals surface area (Å²) in [6, 6.07) is 7.56. The van der Waals surface area contributed by atoms with Crippen LogP contribution in [0.15, 0.2) is 53.0 Å². The topological polar surface area (TPSA) is 87.0 Å². The van der Waals surface area contributed by atoms with Crippen LogP contribution in [0.3, 0.4) is 0 Å². The lowest BCUT2D eigenvalue weighted by Crippen LogP contribution is -2.34. The molecule has 0 spiro atoms. The molecule has 140 valence electrons. The minimum Gasteiger partial charge on any atom is -0.490 e. The monoisotopic (exact) mass is 365 g/mol. The molecule has 2 aromatic rings.